The molecule has 0 aliphatic heterocycles. The van der Waals surface area contributed by atoms with Crippen LogP contribution in [0.1, 0.15) is 75.1 Å². The maximum Gasteiger partial charge on any atom is 0.127 e. The molecule has 0 N–H and O–H groups in total. The number of benzene rings is 2. The van der Waals surface area contributed by atoms with Crippen LogP contribution in [0, 0.1) is 0 Å². The van der Waals surface area contributed by atoms with Crippen molar-refractivity contribution < 1.29 is 14.6 Å². The fourth-order valence-electron chi connectivity index (χ4n) is 3.22. The molecule has 0 bridgehead atoms. The summed E-state index contributed by atoms with van der Waals surface area (Å²) >= 11 is 0. The SMILES string of the molecule is CCCCCCCCCCCOc1cc(C(=O)[O-])ccc1-c1ccccc1. The molecule has 0 atom stereocenters. The average Bonchev–Trinajstić information content (AvgIpc) is 2.70. The summed E-state index contributed by atoms with van der Waals surface area (Å²) in [7, 11) is 0. The van der Waals surface area contributed by atoms with Gasteiger partial charge in [-0.05, 0) is 24.1 Å². The highest BCUT2D eigenvalue weighted by Gasteiger charge is 2.08. The van der Waals surface area contributed by atoms with Crippen LogP contribution in [-0.2, 0) is 0 Å². The number of unbranched alkanes of at least 4 members (excludes halogenated alkanes) is 8. The molecule has 2 aromatic rings. The van der Waals surface area contributed by atoms with E-state index in [4.69, 9.17) is 4.74 Å². The largest absolute Gasteiger partial charge is 0.545 e. The van der Waals surface area contributed by atoms with E-state index in [1.807, 2.05) is 30.3 Å². The number of hydrogen-bond donors (Lipinski definition) is 0. The molecule has 146 valence electrons. The lowest BCUT2D eigenvalue weighted by Gasteiger charge is -2.14. The monoisotopic (exact) mass is 367 g/mol. The van der Waals surface area contributed by atoms with Crippen LogP contribution in [0.25, 0.3) is 11.1 Å². The van der Waals surface area contributed by atoms with Gasteiger partial charge in [-0.25, -0.2) is 0 Å². The van der Waals surface area contributed by atoms with E-state index in [2.05, 4.69) is 6.92 Å². The van der Waals surface area contributed by atoms with Gasteiger partial charge in [-0.2, -0.15) is 0 Å². The van der Waals surface area contributed by atoms with Crippen molar-refractivity contribution >= 4 is 5.97 Å². The zero-order valence-electron chi connectivity index (χ0n) is 16.4. The highest BCUT2D eigenvalue weighted by atomic mass is 16.5. The Bertz CT molecular complexity index is 679. The van der Waals surface area contributed by atoms with Crippen LogP contribution in [0.15, 0.2) is 48.5 Å². The number of hydrogen-bond acceptors (Lipinski definition) is 3. The lowest BCUT2D eigenvalue weighted by molar-refractivity contribution is -0.255. The molecule has 2 aromatic carbocycles. The molecule has 0 amide bonds. The first-order chi connectivity index (χ1) is 13.2. The second-order valence-electron chi connectivity index (χ2n) is 7.04. The Balaban J connectivity index is 1.82. The molecule has 0 saturated heterocycles. The lowest BCUT2D eigenvalue weighted by Crippen LogP contribution is -2.22. The second kappa shape index (κ2) is 12.2. The number of aromatic carboxylic acids is 1. The van der Waals surface area contributed by atoms with E-state index in [9.17, 15) is 9.90 Å². The maximum atomic E-state index is 11.2. The van der Waals surface area contributed by atoms with Gasteiger partial charge in [0.1, 0.15) is 5.75 Å². The third-order valence-corrected chi connectivity index (χ3v) is 4.81. The molecule has 27 heavy (non-hydrogen) atoms. The molecule has 3 heteroatoms. The second-order valence-corrected chi connectivity index (χ2v) is 7.04. The van der Waals surface area contributed by atoms with Crippen LogP contribution < -0.4 is 9.84 Å². The summed E-state index contributed by atoms with van der Waals surface area (Å²) < 4.78 is 5.95. The van der Waals surface area contributed by atoms with Crippen molar-refractivity contribution in [1.29, 1.82) is 0 Å². The Morgan fingerprint density at radius 3 is 2.11 bits per heavy atom. The molecule has 0 saturated carbocycles. The first-order valence-corrected chi connectivity index (χ1v) is 10.3. The Morgan fingerprint density at radius 2 is 1.48 bits per heavy atom. The zero-order chi connectivity index (χ0) is 19.3. The van der Waals surface area contributed by atoms with E-state index in [0.717, 1.165) is 24.0 Å². The summed E-state index contributed by atoms with van der Waals surface area (Å²) in [5, 5.41) is 11.2. The Kier molecular flexibility index (Phi) is 9.47. The highest BCUT2D eigenvalue weighted by Crippen LogP contribution is 2.31. The summed E-state index contributed by atoms with van der Waals surface area (Å²) in [6.07, 6.45) is 11.3. The van der Waals surface area contributed by atoms with Gasteiger partial charge in [0.25, 0.3) is 0 Å². The van der Waals surface area contributed by atoms with Gasteiger partial charge in [0, 0.05) is 11.1 Å². The van der Waals surface area contributed by atoms with E-state index in [0.29, 0.717) is 12.4 Å². The highest BCUT2D eigenvalue weighted by molar-refractivity contribution is 5.88. The van der Waals surface area contributed by atoms with Crippen molar-refractivity contribution in [3.63, 3.8) is 0 Å². The van der Waals surface area contributed by atoms with Gasteiger partial charge in [0.2, 0.25) is 0 Å². The van der Waals surface area contributed by atoms with Crippen molar-refractivity contribution in [3.8, 4) is 16.9 Å². The molecule has 0 fully saturated rings. The first-order valence-electron chi connectivity index (χ1n) is 10.3. The average molecular weight is 368 g/mol. The lowest BCUT2D eigenvalue weighted by atomic mass is 10.0. The first kappa shape index (κ1) is 21.0. The Labute approximate surface area is 163 Å². The number of carboxylic acid groups (broad SMARTS) is 1. The minimum absolute atomic E-state index is 0.150. The molecule has 2 rings (SSSR count). The molecule has 0 aliphatic rings. The predicted octanol–water partition coefficient (Wildman–Crippen LogP) is 5.63. The van der Waals surface area contributed by atoms with Gasteiger partial charge in [-0.1, -0.05) is 94.7 Å². The molecule has 0 radical (unpaired) electrons. The predicted molar refractivity (Wildman–Crippen MR) is 109 cm³/mol. The molecule has 3 nitrogen and oxygen atoms in total. The van der Waals surface area contributed by atoms with Gasteiger partial charge in [-0.3, -0.25) is 0 Å². The summed E-state index contributed by atoms with van der Waals surface area (Å²) in [5.41, 5.74) is 2.08. The van der Waals surface area contributed by atoms with Crippen molar-refractivity contribution in [2.24, 2.45) is 0 Å². The molecular formula is C24H31O3-. The summed E-state index contributed by atoms with van der Waals surface area (Å²) in [6, 6.07) is 14.8. The van der Waals surface area contributed by atoms with E-state index in [1.165, 1.54) is 44.9 Å². The Morgan fingerprint density at radius 1 is 0.852 bits per heavy atom. The van der Waals surface area contributed by atoms with Gasteiger partial charge in [0.05, 0.1) is 12.6 Å². The van der Waals surface area contributed by atoms with Crippen LogP contribution in [0.4, 0.5) is 0 Å². The molecule has 0 heterocycles. The van der Waals surface area contributed by atoms with E-state index >= 15 is 0 Å². The van der Waals surface area contributed by atoms with E-state index in [-0.39, 0.29) is 5.56 Å². The Hall–Kier alpha value is -2.29. The fraction of sp³-hybridized carbons (Fsp3) is 0.458. The zero-order valence-corrected chi connectivity index (χ0v) is 16.4. The standard InChI is InChI=1S/C24H32O3/c1-2-3-4-5-6-7-8-9-13-18-27-23-19-21(24(25)26)16-17-22(23)20-14-11-10-12-15-20/h10-12,14-17,19H,2-9,13,18H2,1H3,(H,25,26)/p-1. The van der Waals surface area contributed by atoms with Crippen molar-refractivity contribution in [3.05, 3.63) is 54.1 Å². The number of carbonyl (C=O) groups is 1. The minimum atomic E-state index is -1.18. The number of carboxylic acids is 1. The van der Waals surface area contributed by atoms with Crippen LogP contribution in [0.3, 0.4) is 0 Å². The van der Waals surface area contributed by atoms with Gasteiger partial charge < -0.3 is 14.6 Å². The van der Waals surface area contributed by atoms with Gasteiger partial charge >= 0.3 is 0 Å². The molecule has 0 aliphatic carbocycles. The van der Waals surface area contributed by atoms with Crippen LogP contribution in [-0.4, -0.2) is 12.6 Å². The number of rotatable bonds is 13. The van der Waals surface area contributed by atoms with Crippen molar-refractivity contribution in [2.75, 3.05) is 6.61 Å². The summed E-state index contributed by atoms with van der Waals surface area (Å²) in [4.78, 5) is 11.2. The summed E-state index contributed by atoms with van der Waals surface area (Å²) in [5.74, 6) is -0.565. The van der Waals surface area contributed by atoms with Crippen LogP contribution >= 0.6 is 0 Å². The quantitative estimate of drug-likeness (QED) is 0.431. The summed E-state index contributed by atoms with van der Waals surface area (Å²) in [6.45, 7) is 2.85. The van der Waals surface area contributed by atoms with Crippen molar-refractivity contribution in [2.45, 2.75) is 64.7 Å². The molecule has 0 spiro atoms. The number of carbonyl (C=O) groups excluding carboxylic acids is 1. The molecule has 0 aromatic heterocycles. The maximum absolute atomic E-state index is 11.2. The van der Waals surface area contributed by atoms with Gasteiger partial charge in [0.15, 0.2) is 0 Å². The third kappa shape index (κ3) is 7.46. The molecule has 0 unspecified atom stereocenters. The van der Waals surface area contributed by atoms with Crippen LogP contribution in [0.5, 0.6) is 5.75 Å². The minimum Gasteiger partial charge on any atom is -0.545 e. The smallest absolute Gasteiger partial charge is 0.127 e. The number of ether oxygens (including phenoxy) is 1. The van der Waals surface area contributed by atoms with Crippen LogP contribution in [0.2, 0.25) is 0 Å². The topological polar surface area (TPSA) is 49.4 Å². The van der Waals surface area contributed by atoms with Crippen molar-refractivity contribution in [1.82, 2.24) is 0 Å². The van der Waals surface area contributed by atoms with E-state index < -0.39 is 5.97 Å². The van der Waals surface area contributed by atoms with Gasteiger partial charge in [-0.15, -0.1) is 0 Å². The third-order valence-electron chi connectivity index (χ3n) is 4.81. The fourth-order valence-corrected chi connectivity index (χ4v) is 3.22. The molecular weight excluding hydrogens is 336 g/mol. The van der Waals surface area contributed by atoms with E-state index in [1.54, 1.807) is 18.2 Å². The normalized spacial score (nSPS) is 10.7.